The lowest BCUT2D eigenvalue weighted by Gasteiger charge is -2.30. The van der Waals surface area contributed by atoms with Crippen molar-refractivity contribution in [2.75, 3.05) is 43.9 Å². The third-order valence-corrected chi connectivity index (χ3v) is 8.71. The van der Waals surface area contributed by atoms with Crippen molar-refractivity contribution in [1.82, 2.24) is 24.4 Å². The highest BCUT2D eigenvalue weighted by Crippen LogP contribution is 2.48. The number of pyridine rings is 3. The van der Waals surface area contributed by atoms with Crippen LogP contribution in [0.2, 0.25) is 0 Å². The molecule has 2 atom stereocenters. The minimum absolute atomic E-state index is 0.0169. The lowest BCUT2D eigenvalue weighted by atomic mass is 9.98. The summed E-state index contributed by atoms with van der Waals surface area (Å²) in [5.74, 6) is -2.10. The number of fused-ring (bicyclic) bond motifs is 5. The van der Waals surface area contributed by atoms with Crippen LogP contribution < -0.4 is 15.6 Å². The Bertz CT molecular complexity index is 1990. The highest BCUT2D eigenvalue weighted by molar-refractivity contribution is 6.18. The van der Waals surface area contributed by atoms with Crippen LogP contribution in [0.4, 0.5) is 24.5 Å². The van der Waals surface area contributed by atoms with Gasteiger partial charge in [0.15, 0.2) is 23.4 Å². The van der Waals surface area contributed by atoms with Crippen molar-refractivity contribution in [2.45, 2.75) is 24.4 Å². The van der Waals surface area contributed by atoms with Crippen molar-refractivity contribution < 1.29 is 23.4 Å². The number of likely N-dealkylation sites (tertiary alicyclic amines) is 1. The highest BCUT2D eigenvalue weighted by atomic mass is 19.2. The third kappa shape index (κ3) is 3.66. The quantitative estimate of drug-likeness (QED) is 0.240. The normalized spacial score (nSPS) is 21.0. The van der Waals surface area contributed by atoms with Gasteiger partial charge in [0.25, 0.3) is 0 Å². The van der Waals surface area contributed by atoms with Gasteiger partial charge in [-0.3, -0.25) is 4.79 Å². The number of anilines is 2. The van der Waals surface area contributed by atoms with Crippen molar-refractivity contribution in [3.8, 4) is 11.1 Å². The van der Waals surface area contributed by atoms with E-state index in [0.29, 0.717) is 57.8 Å². The molecule has 1 aromatic carbocycles. The number of hydrogen-bond acceptors (Lipinski definition) is 8. The molecule has 218 valence electrons. The van der Waals surface area contributed by atoms with Crippen LogP contribution in [-0.2, 0) is 7.05 Å². The molecule has 2 fully saturated rings. The molecule has 0 amide bonds. The summed E-state index contributed by atoms with van der Waals surface area (Å²) >= 11 is 0. The number of aromatic amines is 1. The summed E-state index contributed by atoms with van der Waals surface area (Å²) in [6.45, 7) is 1.00. The van der Waals surface area contributed by atoms with Crippen LogP contribution in [0.25, 0.3) is 44.1 Å². The number of alkyl halides is 1. The highest BCUT2D eigenvalue weighted by Gasteiger charge is 2.54. The zero-order valence-electron chi connectivity index (χ0n) is 23.0. The Kier molecular flexibility index (Phi) is 5.81. The van der Waals surface area contributed by atoms with E-state index in [1.807, 2.05) is 16.8 Å². The molecule has 0 bridgehead atoms. The predicted octanol–water partition coefficient (Wildman–Crippen LogP) is 3.17. The van der Waals surface area contributed by atoms with Gasteiger partial charge in [-0.1, -0.05) is 0 Å². The van der Waals surface area contributed by atoms with E-state index in [0.717, 1.165) is 6.07 Å². The SMILES string of the molecule is CNc1cc(F)c(F)c2c1[nH]c1ncc(-c3cnc4c(c3)c(=O)c(C(O)O)cn4C)c(N3CCC4(F)CN(C)CC34)c12. The van der Waals surface area contributed by atoms with Gasteiger partial charge in [-0.15, -0.1) is 0 Å². The van der Waals surface area contributed by atoms with Gasteiger partial charge in [0.1, 0.15) is 17.0 Å². The molecule has 2 aliphatic rings. The minimum Gasteiger partial charge on any atom is -0.386 e. The van der Waals surface area contributed by atoms with E-state index >= 15 is 8.78 Å². The van der Waals surface area contributed by atoms with Crippen LogP contribution in [0, 0.1) is 11.6 Å². The van der Waals surface area contributed by atoms with Gasteiger partial charge in [0.2, 0.25) is 0 Å². The van der Waals surface area contributed by atoms with Gasteiger partial charge in [-0.2, -0.15) is 0 Å². The fourth-order valence-electron chi connectivity index (χ4n) is 6.80. The monoisotopic (exact) mass is 579 g/mol. The Labute approximate surface area is 237 Å². The number of nitrogens with one attached hydrogen (secondary N) is 2. The lowest BCUT2D eigenvalue weighted by Crippen LogP contribution is -2.40. The van der Waals surface area contributed by atoms with E-state index in [1.54, 1.807) is 26.4 Å². The summed E-state index contributed by atoms with van der Waals surface area (Å²) < 4.78 is 48.3. The number of aliphatic hydroxyl groups is 2. The van der Waals surface area contributed by atoms with E-state index in [1.165, 1.54) is 17.0 Å². The molecule has 6 heterocycles. The molecule has 0 aliphatic carbocycles. The summed E-state index contributed by atoms with van der Waals surface area (Å²) in [6, 6.07) is 2.07. The molecule has 5 aromatic rings. The average molecular weight is 580 g/mol. The molecule has 2 aliphatic heterocycles. The van der Waals surface area contributed by atoms with Crippen LogP contribution in [0.15, 0.2) is 35.5 Å². The summed E-state index contributed by atoms with van der Waals surface area (Å²) in [5, 5.41) is 22.8. The maximum atomic E-state index is 16.2. The van der Waals surface area contributed by atoms with Crippen molar-refractivity contribution in [3.05, 3.63) is 58.1 Å². The molecule has 0 spiro atoms. The second kappa shape index (κ2) is 9.15. The number of aryl methyl sites for hydroxylation is 1. The first kappa shape index (κ1) is 26.7. The summed E-state index contributed by atoms with van der Waals surface area (Å²) in [7, 11) is 5.07. The fraction of sp³-hybridized carbons (Fsp3) is 0.345. The molecule has 4 N–H and O–H groups in total. The Morgan fingerprint density at radius 1 is 1.17 bits per heavy atom. The second-order valence-corrected chi connectivity index (χ2v) is 11.3. The zero-order chi connectivity index (χ0) is 29.7. The van der Waals surface area contributed by atoms with Gasteiger partial charge in [0, 0.05) is 75.9 Å². The van der Waals surface area contributed by atoms with Crippen LogP contribution in [0.5, 0.6) is 0 Å². The number of aliphatic hydroxyl groups excluding tert-OH is 1. The van der Waals surface area contributed by atoms with Gasteiger partial charge < -0.3 is 34.9 Å². The summed E-state index contributed by atoms with van der Waals surface area (Å²) in [4.78, 5) is 29.2. The van der Waals surface area contributed by atoms with Crippen LogP contribution in [0.3, 0.4) is 0 Å². The molecule has 2 saturated heterocycles. The number of nitrogens with zero attached hydrogens (tertiary/aromatic N) is 5. The molecule has 0 radical (unpaired) electrons. The number of aromatic nitrogens is 4. The fourth-order valence-corrected chi connectivity index (χ4v) is 6.80. The number of H-pyrrole nitrogens is 1. The van der Waals surface area contributed by atoms with E-state index in [4.69, 9.17) is 0 Å². The number of rotatable bonds is 4. The largest absolute Gasteiger partial charge is 0.386 e. The van der Waals surface area contributed by atoms with Gasteiger partial charge >= 0.3 is 0 Å². The van der Waals surface area contributed by atoms with Crippen LogP contribution in [0.1, 0.15) is 18.3 Å². The number of likely N-dealkylation sites (N-methyl/N-ethyl adjacent to an activating group) is 1. The third-order valence-electron chi connectivity index (χ3n) is 8.71. The summed E-state index contributed by atoms with van der Waals surface area (Å²) in [6.07, 6.45) is 2.66. The molecular formula is C29H28F3N7O3. The number of benzene rings is 1. The smallest absolute Gasteiger partial charge is 0.199 e. The van der Waals surface area contributed by atoms with E-state index < -0.39 is 35.1 Å². The molecule has 42 heavy (non-hydrogen) atoms. The molecule has 4 aromatic heterocycles. The topological polar surface area (TPSA) is 123 Å². The molecule has 7 rings (SSSR count). The molecule has 0 saturated carbocycles. The number of hydrogen-bond donors (Lipinski definition) is 4. The molecule has 10 nitrogen and oxygen atoms in total. The Hall–Kier alpha value is -4.20. The van der Waals surface area contributed by atoms with E-state index in [9.17, 15) is 19.4 Å². The van der Waals surface area contributed by atoms with Gasteiger partial charge in [0.05, 0.1) is 44.7 Å². The first-order valence-corrected chi connectivity index (χ1v) is 13.5. The van der Waals surface area contributed by atoms with Crippen LogP contribution in [-0.4, -0.2) is 80.1 Å². The van der Waals surface area contributed by atoms with E-state index in [2.05, 4.69) is 20.3 Å². The standard InChI is InChI=1S/C29H28F3N7O3/c1-33-18-7-17(30)22(31)20-21-24(39-5-4-29(32)12-37(2)11-19(29)39)15(9-34-26(21)36-23(18)20)13-6-14-25(40)16(28(41)42)10-38(3)27(14)35-8-13/h6-10,19,28,33,41-42H,4-5,11-12H2,1-3H3,(H,34,36). The lowest BCUT2D eigenvalue weighted by molar-refractivity contribution is -0.0435. The Morgan fingerprint density at radius 3 is 2.69 bits per heavy atom. The maximum absolute atomic E-state index is 16.2. The predicted molar refractivity (Wildman–Crippen MR) is 153 cm³/mol. The molecule has 2 unspecified atom stereocenters. The van der Waals surface area contributed by atoms with Crippen molar-refractivity contribution in [2.24, 2.45) is 7.05 Å². The minimum atomic E-state index is -1.99. The average Bonchev–Trinajstić information content (AvgIpc) is 3.59. The van der Waals surface area contributed by atoms with Crippen LogP contribution >= 0.6 is 0 Å². The molecular weight excluding hydrogens is 551 g/mol. The Morgan fingerprint density at radius 2 is 1.95 bits per heavy atom. The van der Waals surface area contributed by atoms with Crippen molar-refractivity contribution in [3.63, 3.8) is 0 Å². The summed E-state index contributed by atoms with van der Waals surface area (Å²) in [5.41, 5.74) is 0.254. The first-order chi connectivity index (χ1) is 20.0. The number of halogens is 3. The van der Waals surface area contributed by atoms with Crippen molar-refractivity contribution in [1.29, 1.82) is 0 Å². The maximum Gasteiger partial charge on any atom is 0.199 e. The van der Waals surface area contributed by atoms with Gasteiger partial charge in [-0.05, 0) is 13.1 Å². The zero-order valence-corrected chi connectivity index (χ0v) is 23.0. The van der Waals surface area contributed by atoms with E-state index in [-0.39, 0.29) is 29.3 Å². The van der Waals surface area contributed by atoms with Crippen molar-refractivity contribution >= 4 is 44.3 Å². The Balaban J connectivity index is 1.58. The second-order valence-electron chi connectivity index (χ2n) is 11.3. The van der Waals surface area contributed by atoms with Gasteiger partial charge in [-0.25, -0.2) is 23.1 Å². The molecule has 13 heteroatoms. The first-order valence-electron chi connectivity index (χ1n) is 13.5.